The van der Waals surface area contributed by atoms with Gasteiger partial charge in [0.15, 0.2) is 0 Å². The molecule has 0 fully saturated rings. The maximum absolute atomic E-state index is 13.8. The molecule has 1 aromatic carbocycles. The molecule has 3 N–H and O–H groups in total. The Bertz CT molecular complexity index is 563. The first-order valence-electron chi connectivity index (χ1n) is 6.97. The molecule has 0 radical (unpaired) electrons. The number of nitrogens with two attached hydrogens (primary N) is 1. The number of hydrogen-bond donors (Lipinski definition) is 2. The smallest absolute Gasteiger partial charge is 0.243 e. The summed E-state index contributed by atoms with van der Waals surface area (Å²) in [5.41, 5.74) is 5.99. The summed E-state index contributed by atoms with van der Waals surface area (Å²) in [6.45, 7) is 4.92. The van der Waals surface area contributed by atoms with Crippen molar-refractivity contribution < 1.29 is 17.9 Å². The zero-order valence-electron chi connectivity index (χ0n) is 12.6. The number of aliphatic hydroxyl groups is 1. The Morgan fingerprint density at radius 2 is 1.90 bits per heavy atom. The third-order valence-corrected chi connectivity index (χ3v) is 5.56. The van der Waals surface area contributed by atoms with Crippen LogP contribution in [0.2, 0.25) is 0 Å². The first-order chi connectivity index (χ1) is 9.79. The van der Waals surface area contributed by atoms with Crippen molar-refractivity contribution in [2.45, 2.75) is 44.6 Å². The molecule has 0 heterocycles. The molecule has 0 saturated heterocycles. The largest absolute Gasteiger partial charge is 0.398 e. The molecule has 0 atom stereocenters. The van der Waals surface area contributed by atoms with Crippen LogP contribution in [0.5, 0.6) is 0 Å². The minimum Gasteiger partial charge on any atom is -0.398 e. The first-order valence-corrected chi connectivity index (χ1v) is 8.41. The van der Waals surface area contributed by atoms with E-state index in [1.54, 1.807) is 0 Å². The lowest BCUT2D eigenvalue weighted by Gasteiger charge is -2.29. The molecular formula is C14H23FN2O3S. The van der Waals surface area contributed by atoms with Gasteiger partial charge in [0.1, 0.15) is 5.82 Å². The number of halogens is 1. The second kappa shape index (κ2) is 7.20. The highest BCUT2D eigenvalue weighted by atomic mass is 32.2. The van der Waals surface area contributed by atoms with E-state index in [9.17, 15) is 12.8 Å². The summed E-state index contributed by atoms with van der Waals surface area (Å²) < 4.78 is 40.4. The van der Waals surface area contributed by atoms with Crippen molar-refractivity contribution in [3.8, 4) is 0 Å². The number of nitrogens with zero attached hydrogens (tertiary/aromatic N) is 1. The fourth-order valence-electron chi connectivity index (χ4n) is 2.25. The Balaban J connectivity index is 3.35. The summed E-state index contributed by atoms with van der Waals surface area (Å²) in [6, 6.07) is 2.00. The first kappa shape index (κ1) is 17.9. The average molecular weight is 318 g/mol. The van der Waals surface area contributed by atoms with Gasteiger partial charge in [0, 0.05) is 23.8 Å². The average Bonchev–Trinajstić information content (AvgIpc) is 2.44. The lowest BCUT2D eigenvalue weighted by atomic mass is 10.2. The van der Waals surface area contributed by atoms with Crippen LogP contribution in [0.15, 0.2) is 17.0 Å². The number of benzene rings is 1. The van der Waals surface area contributed by atoms with Crippen LogP contribution in [0.25, 0.3) is 0 Å². The standard InChI is InChI=1S/C14H23FN2O3S/c1-4-11(5-2)17(6-7-18)21(19,20)12-8-13(15)10(3)14(16)9-12/h8-9,11,18H,4-7,16H2,1-3H3. The third-order valence-electron chi connectivity index (χ3n) is 3.63. The van der Waals surface area contributed by atoms with E-state index in [0.29, 0.717) is 12.8 Å². The van der Waals surface area contributed by atoms with Crippen LogP contribution in [0.1, 0.15) is 32.3 Å². The van der Waals surface area contributed by atoms with E-state index < -0.39 is 15.8 Å². The second-order valence-corrected chi connectivity index (χ2v) is 6.82. The SMILES string of the molecule is CCC(CC)N(CCO)S(=O)(=O)c1cc(N)c(C)c(F)c1. The van der Waals surface area contributed by atoms with Gasteiger partial charge in [-0.1, -0.05) is 13.8 Å². The Morgan fingerprint density at radius 1 is 1.33 bits per heavy atom. The highest BCUT2D eigenvalue weighted by Gasteiger charge is 2.30. The van der Waals surface area contributed by atoms with Crippen molar-refractivity contribution in [3.63, 3.8) is 0 Å². The van der Waals surface area contributed by atoms with Crippen LogP contribution in [0.3, 0.4) is 0 Å². The van der Waals surface area contributed by atoms with E-state index in [2.05, 4.69) is 0 Å². The molecule has 0 aliphatic heterocycles. The summed E-state index contributed by atoms with van der Waals surface area (Å²) in [7, 11) is -3.90. The maximum atomic E-state index is 13.8. The topological polar surface area (TPSA) is 83.6 Å². The van der Waals surface area contributed by atoms with Gasteiger partial charge in [-0.3, -0.25) is 0 Å². The van der Waals surface area contributed by atoms with Crippen molar-refractivity contribution in [1.29, 1.82) is 0 Å². The van der Waals surface area contributed by atoms with Crippen molar-refractivity contribution in [3.05, 3.63) is 23.5 Å². The van der Waals surface area contributed by atoms with Gasteiger partial charge in [-0.05, 0) is 31.9 Å². The van der Waals surface area contributed by atoms with E-state index in [0.717, 1.165) is 6.07 Å². The molecule has 5 nitrogen and oxygen atoms in total. The number of hydrogen-bond acceptors (Lipinski definition) is 4. The predicted octanol–water partition coefficient (Wildman–Crippen LogP) is 1.89. The van der Waals surface area contributed by atoms with Crippen LogP contribution in [0.4, 0.5) is 10.1 Å². The number of aliphatic hydroxyl groups excluding tert-OH is 1. The highest BCUT2D eigenvalue weighted by Crippen LogP contribution is 2.26. The molecule has 0 aromatic heterocycles. The van der Waals surface area contributed by atoms with E-state index in [4.69, 9.17) is 10.8 Å². The monoisotopic (exact) mass is 318 g/mol. The molecule has 1 rings (SSSR count). The molecule has 0 spiro atoms. The fraction of sp³-hybridized carbons (Fsp3) is 0.571. The van der Waals surface area contributed by atoms with E-state index in [1.165, 1.54) is 17.3 Å². The van der Waals surface area contributed by atoms with Crippen molar-refractivity contribution in [1.82, 2.24) is 4.31 Å². The van der Waals surface area contributed by atoms with Crippen LogP contribution in [-0.4, -0.2) is 37.0 Å². The second-order valence-electron chi connectivity index (χ2n) is 4.93. The third kappa shape index (κ3) is 3.72. The van der Waals surface area contributed by atoms with Gasteiger partial charge in [0.05, 0.1) is 11.5 Å². The van der Waals surface area contributed by atoms with Gasteiger partial charge in [-0.2, -0.15) is 4.31 Å². The molecule has 0 amide bonds. The van der Waals surface area contributed by atoms with Crippen LogP contribution in [-0.2, 0) is 10.0 Å². The molecule has 21 heavy (non-hydrogen) atoms. The summed E-state index contributed by atoms with van der Waals surface area (Å²) in [5, 5.41) is 9.14. The predicted molar refractivity (Wildman–Crippen MR) is 80.9 cm³/mol. The molecule has 1 aromatic rings. The highest BCUT2D eigenvalue weighted by molar-refractivity contribution is 7.89. The van der Waals surface area contributed by atoms with Crippen LogP contribution in [0, 0.1) is 12.7 Å². The van der Waals surface area contributed by atoms with Gasteiger partial charge >= 0.3 is 0 Å². The molecule has 7 heteroatoms. The Labute approximate surface area is 125 Å². The summed E-state index contributed by atoms with van der Waals surface area (Å²) in [5.74, 6) is -0.651. The summed E-state index contributed by atoms with van der Waals surface area (Å²) in [4.78, 5) is -0.177. The summed E-state index contributed by atoms with van der Waals surface area (Å²) >= 11 is 0. The summed E-state index contributed by atoms with van der Waals surface area (Å²) in [6.07, 6.45) is 1.22. The Kier molecular flexibility index (Phi) is 6.12. The quantitative estimate of drug-likeness (QED) is 0.752. The maximum Gasteiger partial charge on any atom is 0.243 e. The van der Waals surface area contributed by atoms with Gasteiger partial charge < -0.3 is 10.8 Å². The fourth-order valence-corrected chi connectivity index (χ4v) is 4.06. The Hall–Kier alpha value is -1.18. The molecule has 0 aliphatic carbocycles. The normalized spacial score (nSPS) is 12.3. The van der Waals surface area contributed by atoms with Gasteiger partial charge in [-0.25, -0.2) is 12.8 Å². The number of nitrogen functional groups attached to an aromatic ring is 1. The molecule has 0 aliphatic rings. The van der Waals surface area contributed by atoms with E-state index in [1.807, 2.05) is 13.8 Å². The van der Waals surface area contributed by atoms with Gasteiger partial charge in [-0.15, -0.1) is 0 Å². The van der Waals surface area contributed by atoms with Crippen molar-refractivity contribution in [2.24, 2.45) is 0 Å². The lowest BCUT2D eigenvalue weighted by Crippen LogP contribution is -2.41. The lowest BCUT2D eigenvalue weighted by molar-refractivity contribution is 0.219. The molecule has 0 bridgehead atoms. The zero-order valence-corrected chi connectivity index (χ0v) is 13.5. The number of anilines is 1. The zero-order chi connectivity index (χ0) is 16.2. The van der Waals surface area contributed by atoms with Crippen LogP contribution >= 0.6 is 0 Å². The number of sulfonamides is 1. The minimum absolute atomic E-state index is 0.0237. The minimum atomic E-state index is -3.90. The van der Waals surface area contributed by atoms with Crippen LogP contribution < -0.4 is 5.73 Å². The van der Waals surface area contributed by atoms with Crippen molar-refractivity contribution >= 4 is 15.7 Å². The van der Waals surface area contributed by atoms with Gasteiger partial charge in [0.25, 0.3) is 0 Å². The van der Waals surface area contributed by atoms with E-state index >= 15 is 0 Å². The van der Waals surface area contributed by atoms with Gasteiger partial charge in [0.2, 0.25) is 10.0 Å². The molecule has 120 valence electrons. The molecule has 0 unspecified atom stereocenters. The van der Waals surface area contributed by atoms with E-state index in [-0.39, 0.29) is 35.3 Å². The molecular weight excluding hydrogens is 295 g/mol. The number of rotatable bonds is 7. The Morgan fingerprint density at radius 3 is 2.33 bits per heavy atom. The molecule has 0 saturated carbocycles. The van der Waals surface area contributed by atoms with Crippen molar-refractivity contribution in [2.75, 3.05) is 18.9 Å².